The maximum atomic E-state index is 2.46. The molecule has 0 radical (unpaired) electrons. The Kier molecular flexibility index (Phi) is 18.2. The van der Waals surface area contributed by atoms with E-state index in [1.165, 1.54) is 111 Å². The average molecular weight is 979 g/mol. The second-order valence-corrected chi connectivity index (χ2v) is 19.7. The molecule has 1 aromatic heterocycles. The highest BCUT2D eigenvalue weighted by atomic mass is 32.1. The number of benzene rings is 9. The number of hydrogen-bond acceptors (Lipinski definition) is 1. The van der Waals surface area contributed by atoms with Crippen molar-refractivity contribution in [3.8, 4) is 33.4 Å². The van der Waals surface area contributed by atoms with Crippen molar-refractivity contribution in [2.45, 2.75) is 73.1 Å². The third kappa shape index (κ3) is 12.0. The molecule has 0 spiro atoms. The molecule has 0 nitrogen and oxygen atoms in total. The lowest BCUT2D eigenvalue weighted by Gasteiger charge is -2.34. The van der Waals surface area contributed by atoms with E-state index in [4.69, 9.17) is 0 Å². The van der Waals surface area contributed by atoms with Gasteiger partial charge in [-0.2, -0.15) is 0 Å². The molecule has 0 bridgehead atoms. The van der Waals surface area contributed by atoms with Crippen molar-refractivity contribution in [1.29, 1.82) is 0 Å². The van der Waals surface area contributed by atoms with Gasteiger partial charge in [-0.15, -0.1) is 11.3 Å². The van der Waals surface area contributed by atoms with Gasteiger partial charge in [0.05, 0.1) is 5.41 Å². The Bertz CT molecular complexity index is 3380. The van der Waals surface area contributed by atoms with E-state index >= 15 is 0 Å². The molecule has 1 heterocycles. The summed E-state index contributed by atoms with van der Waals surface area (Å²) in [6.07, 6.45) is 14.0. The molecule has 0 saturated heterocycles. The summed E-state index contributed by atoms with van der Waals surface area (Å²) in [4.78, 5) is 0. The summed E-state index contributed by atoms with van der Waals surface area (Å²) in [5, 5.41) is 3.52. The highest BCUT2D eigenvalue weighted by Crippen LogP contribution is 2.56. The molecule has 368 valence electrons. The number of hydrogen-bond donors (Lipinski definition) is 0. The van der Waals surface area contributed by atoms with E-state index in [0.717, 1.165) is 12.8 Å². The Labute approximate surface area is 446 Å². The molecule has 0 N–H and O–H groups in total. The predicted molar refractivity (Wildman–Crippen MR) is 325 cm³/mol. The smallest absolute Gasteiger partial charge is 0.0713 e. The van der Waals surface area contributed by atoms with Crippen molar-refractivity contribution in [2.75, 3.05) is 0 Å². The normalized spacial score (nSPS) is 13.7. The minimum Gasteiger partial charge on any atom is -0.144 e. The van der Waals surface area contributed by atoms with Gasteiger partial charge in [0.25, 0.3) is 0 Å². The lowest BCUT2D eigenvalue weighted by atomic mass is 9.67. The molecule has 0 unspecified atom stereocenters. The molecular formula is C73H70S. The fraction of sp³-hybridized carbons (Fsp3) is 0.151. The van der Waals surface area contributed by atoms with Crippen molar-refractivity contribution in [2.24, 2.45) is 0 Å². The second-order valence-electron chi connectivity index (χ2n) is 18.8. The van der Waals surface area contributed by atoms with Gasteiger partial charge in [0.1, 0.15) is 0 Å². The third-order valence-electron chi connectivity index (χ3n) is 13.6. The largest absolute Gasteiger partial charge is 0.144 e. The monoisotopic (exact) mass is 979 g/mol. The average Bonchev–Trinajstić information content (AvgIpc) is 4.04. The zero-order valence-corrected chi connectivity index (χ0v) is 45.2. The van der Waals surface area contributed by atoms with Crippen LogP contribution in [0.2, 0.25) is 0 Å². The molecule has 10 aromatic rings. The SMILES string of the molecule is C/C=C1/C=C\C=C/Cc2cc3sccc3cc21.CC.CCC.Cc1ccc(-c2ccc(Cc3ccc4c(c3)C(c3ccccc3)(c3ccccc3)c3ccccc3-4)cc2)cc1.Cc1ccc(-c2ccccc2)cc1. The van der Waals surface area contributed by atoms with Crippen LogP contribution in [0.3, 0.4) is 0 Å². The van der Waals surface area contributed by atoms with E-state index in [1.807, 2.05) is 31.3 Å². The molecule has 0 amide bonds. The van der Waals surface area contributed by atoms with Crippen LogP contribution in [0, 0.1) is 13.8 Å². The van der Waals surface area contributed by atoms with E-state index in [0.29, 0.717) is 0 Å². The molecule has 1 heteroatoms. The Morgan fingerprint density at radius 2 is 0.973 bits per heavy atom. The zero-order valence-electron chi connectivity index (χ0n) is 44.4. The first-order valence-corrected chi connectivity index (χ1v) is 27.4. The van der Waals surface area contributed by atoms with Gasteiger partial charge in [0, 0.05) is 4.70 Å². The summed E-state index contributed by atoms with van der Waals surface area (Å²) in [5.41, 5.74) is 22.1. The van der Waals surface area contributed by atoms with Crippen LogP contribution in [-0.4, -0.2) is 0 Å². The maximum absolute atomic E-state index is 2.46. The summed E-state index contributed by atoms with van der Waals surface area (Å²) in [7, 11) is 0. The van der Waals surface area contributed by atoms with Crippen LogP contribution in [0.15, 0.2) is 260 Å². The minimum atomic E-state index is -0.347. The first kappa shape index (κ1) is 52.5. The number of thiophene rings is 1. The summed E-state index contributed by atoms with van der Waals surface area (Å²) in [6, 6.07) is 81.8. The summed E-state index contributed by atoms with van der Waals surface area (Å²) in [6.45, 7) is 14.6. The molecule has 0 aliphatic heterocycles. The second kappa shape index (κ2) is 25.7. The molecule has 2 aliphatic rings. The predicted octanol–water partition coefficient (Wildman–Crippen LogP) is 20.7. The lowest BCUT2D eigenvalue weighted by molar-refractivity contribution is 0.767. The highest BCUT2D eigenvalue weighted by Gasteiger charge is 2.46. The van der Waals surface area contributed by atoms with Crippen LogP contribution in [0.1, 0.15) is 96.7 Å². The van der Waals surface area contributed by atoms with E-state index in [9.17, 15) is 0 Å². The molecule has 0 atom stereocenters. The fourth-order valence-corrected chi connectivity index (χ4v) is 10.9. The number of aryl methyl sites for hydroxylation is 2. The molecule has 0 saturated carbocycles. The van der Waals surface area contributed by atoms with E-state index in [1.54, 1.807) is 0 Å². The Balaban J connectivity index is 0.000000170. The fourth-order valence-electron chi connectivity index (χ4n) is 10.0. The molecular weight excluding hydrogens is 909 g/mol. The summed E-state index contributed by atoms with van der Waals surface area (Å²) < 4.78 is 1.39. The van der Waals surface area contributed by atoms with Crippen LogP contribution < -0.4 is 0 Å². The van der Waals surface area contributed by atoms with Crippen LogP contribution in [-0.2, 0) is 18.3 Å². The Hall–Kier alpha value is -7.84. The molecule has 0 fully saturated rings. The summed E-state index contributed by atoms with van der Waals surface area (Å²) >= 11 is 1.82. The molecule has 9 aromatic carbocycles. The topological polar surface area (TPSA) is 0 Å². The standard InChI is InChI=1S/C39H30.C16H14S.C13H12.C3H8.C2H6/c1-28-16-21-31(22-17-28)32-23-18-29(19-24-32)26-30-20-25-36-35-14-8-9-15-37(35)39(38(36)27-30,33-10-4-2-5-11-33)34-12-6-3-7-13-34;1-2-12-6-4-3-5-7-13-11-16-14(8-9-17-16)10-15(12)13;1-11-7-9-13(10-8-11)12-5-3-2-4-6-12;1-3-2;1-2/h2-25,27H,26H2,1H3;2-6,8-11H,7H2,1H3;2-10H,1H3;3H2,1-2H3;1-2H3/b;5-3-,6-4-,12-2-;;;. The molecule has 2 aliphatic carbocycles. The van der Waals surface area contributed by atoms with Gasteiger partial charge in [-0.1, -0.05) is 282 Å². The van der Waals surface area contributed by atoms with Gasteiger partial charge < -0.3 is 0 Å². The van der Waals surface area contributed by atoms with Gasteiger partial charge in [0.2, 0.25) is 0 Å². The molecule has 12 rings (SSSR count). The number of allylic oxidation sites excluding steroid dienone is 6. The number of fused-ring (bicyclic) bond motifs is 5. The van der Waals surface area contributed by atoms with Crippen molar-refractivity contribution >= 4 is 27.0 Å². The maximum Gasteiger partial charge on any atom is 0.0713 e. The van der Waals surface area contributed by atoms with Gasteiger partial charge in [-0.05, 0) is 146 Å². The van der Waals surface area contributed by atoms with Crippen LogP contribution in [0.4, 0.5) is 0 Å². The van der Waals surface area contributed by atoms with E-state index < -0.39 is 0 Å². The Morgan fingerprint density at radius 3 is 1.55 bits per heavy atom. The minimum absolute atomic E-state index is 0.347. The van der Waals surface area contributed by atoms with Crippen LogP contribution >= 0.6 is 11.3 Å². The summed E-state index contributed by atoms with van der Waals surface area (Å²) in [5.74, 6) is 0. The van der Waals surface area contributed by atoms with Crippen LogP contribution in [0.5, 0.6) is 0 Å². The lowest BCUT2D eigenvalue weighted by Crippen LogP contribution is -2.28. The first-order chi connectivity index (χ1) is 36.4. The third-order valence-corrected chi connectivity index (χ3v) is 14.5. The zero-order chi connectivity index (χ0) is 51.7. The van der Waals surface area contributed by atoms with Gasteiger partial charge in [0.15, 0.2) is 0 Å². The number of rotatable bonds is 6. The van der Waals surface area contributed by atoms with E-state index in [2.05, 4.69) is 289 Å². The van der Waals surface area contributed by atoms with Gasteiger partial charge >= 0.3 is 0 Å². The van der Waals surface area contributed by atoms with Crippen molar-refractivity contribution in [3.63, 3.8) is 0 Å². The molecule has 74 heavy (non-hydrogen) atoms. The van der Waals surface area contributed by atoms with Crippen molar-refractivity contribution in [3.05, 3.63) is 316 Å². The van der Waals surface area contributed by atoms with Gasteiger partial charge in [-0.3, -0.25) is 0 Å². The quantitative estimate of drug-likeness (QED) is 0.156. The van der Waals surface area contributed by atoms with E-state index in [-0.39, 0.29) is 5.41 Å². The highest BCUT2D eigenvalue weighted by molar-refractivity contribution is 7.17. The van der Waals surface area contributed by atoms with Crippen LogP contribution in [0.25, 0.3) is 49.0 Å². The van der Waals surface area contributed by atoms with Crippen molar-refractivity contribution < 1.29 is 0 Å². The Morgan fingerprint density at radius 1 is 0.473 bits per heavy atom. The first-order valence-electron chi connectivity index (χ1n) is 26.5. The van der Waals surface area contributed by atoms with Crippen molar-refractivity contribution in [1.82, 2.24) is 0 Å². The van der Waals surface area contributed by atoms with Gasteiger partial charge in [-0.25, -0.2) is 0 Å².